The van der Waals surface area contributed by atoms with E-state index in [0.717, 1.165) is 31.0 Å². The summed E-state index contributed by atoms with van der Waals surface area (Å²) in [4.78, 5) is 8.47. The molecule has 1 fully saturated rings. The Balaban J connectivity index is 1.93. The predicted molar refractivity (Wildman–Crippen MR) is 58.8 cm³/mol. The van der Waals surface area contributed by atoms with Crippen molar-refractivity contribution in [2.75, 3.05) is 11.9 Å². The lowest BCUT2D eigenvalue weighted by Crippen LogP contribution is -2.33. The van der Waals surface area contributed by atoms with Crippen LogP contribution in [-0.2, 0) is 4.74 Å². The molecule has 2 rings (SSSR count). The summed E-state index contributed by atoms with van der Waals surface area (Å²) in [6.45, 7) is 4.91. The predicted octanol–water partition coefficient (Wildman–Crippen LogP) is 1.76. The number of anilines is 1. The van der Waals surface area contributed by atoms with E-state index in [0.29, 0.717) is 12.1 Å². The summed E-state index contributed by atoms with van der Waals surface area (Å²) in [5, 5.41) is 3.34. The summed E-state index contributed by atoms with van der Waals surface area (Å²) < 4.78 is 5.48. The zero-order chi connectivity index (χ0) is 10.7. The molecule has 1 aliphatic heterocycles. The number of hydrogen-bond donors (Lipinski definition) is 1. The molecule has 1 aromatic rings. The lowest BCUT2D eigenvalue weighted by Gasteiger charge is -2.27. The molecule has 1 aromatic heterocycles. The highest BCUT2D eigenvalue weighted by Crippen LogP contribution is 2.16. The van der Waals surface area contributed by atoms with Gasteiger partial charge in [-0.15, -0.1) is 0 Å². The van der Waals surface area contributed by atoms with Crippen LogP contribution in [0.4, 0.5) is 5.95 Å². The lowest BCUT2D eigenvalue weighted by atomic mass is 10.0. The first-order chi connectivity index (χ1) is 7.24. The van der Waals surface area contributed by atoms with Crippen LogP contribution in [0.2, 0.25) is 0 Å². The Labute approximate surface area is 90.1 Å². The maximum absolute atomic E-state index is 5.48. The molecule has 0 saturated carbocycles. The number of nitrogens with one attached hydrogen (secondary N) is 1. The van der Waals surface area contributed by atoms with Gasteiger partial charge in [-0.25, -0.2) is 9.97 Å². The van der Waals surface area contributed by atoms with E-state index >= 15 is 0 Å². The molecule has 0 amide bonds. The van der Waals surface area contributed by atoms with Gasteiger partial charge in [0.2, 0.25) is 5.95 Å². The van der Waals surface area contributed by atoms with E-state index in [9.17, 15) is 0 Å². The number of hydrogen-bond acceptors (Lipinski definition) is 4. The first-order valence-corrected chi connectivity index (χ1v) is 5.41. The minimum absolute atomic E-state index is 0.335. The summed E-state index contributed by atoms with van der Waals surface area (Å²) in [6.07, 6.45) is 6.05. The molecule has 0 spiro atoms. The van der Waals surface area contributed by atoms with Gasteiger partial charge < -0.3 is 10.1 Å². The van der Waals surface area contributed by atoms with Gasteiger partial charge in [-0.3, -0.25) is 0 Å². The van der Waals surface area contributed by atoms with Gasteiger partial charge in [-0.1, -0.05) is 0 Å². The molecule has 1 saturated heterocycles. The van der Waals surface area contributed by atoms with E-state index in [1.165, 1.54) is 0 Å². The van der Waals surface area contributed by atoms with Gasteiger partial charge in [0.15, 0.2) is 0 Å². The van der Waals surface area contributed by atoms with Gasteiger partial charge in [0.25, 0.3) is 0 Å². The first-order valence-electron chi connectivity index (χ1n) is 5.41. The fraction of sp³-hybridized carbons (Fsp3) is 0.636. The highest BCUT2D eigenvalue weighted by atomic mass is 16.5. The third kappa shape index (κ3) is 2.89. The van der Waals surface area contributed by atoms with Gasteiger partial charge in [0, 0.05) is 25.0 Å². The first kappa shape index (κ1) is 10.4. The van der Waals surface area contributed by atoms with Crippen LogP contribution < -0.4 is 5.32 Å². The Hall–Kier alpha value is -1.16. The van der Waals surface area contributed by atoms with Crippen LogP contribution in [-0.4, -0.2) is 28.7 Å². The summed E-state index contributed by atoms with van der Waals surface area (Å²) in [6, 6.07) is 0.441. The quantitative estimate of drug-likeness (QED) is 0.802. The number of nitrogens with zero attached hydrogens (tertiary/aromatic N) is 2. The van der Waals surface area contributed by atoms with Crippen LogP contribution >= 0.6 is 0 Å². The molecule has 4 heteroatoms. The molecule has 82 valence electrons. The Morgan fingerprint density at radius 3 is 2.80 bits per heavy atom. The van der Waals surface area contributed by atoms with E-state index in [4.69, 9.17) is 4.74 Å². The van der Waals surface area contributed by atoms with Gasteiger partial charge in [-0.2, -0.15) is 0 Å². The van der Waals surface area contributed by atoms with Crippen LogP contribution in [0, 0.1) is 6.92 Å². The second kappa shape index (κ2) is 4.57. The number of rotatable bonds is 2. The van der Waals surface area contributed by atoms with Crippen molar-refractivity contribution < 1.29 is 4.74 Å². The molecule has 15 heavy (non-hydrogen) atoms. The molecule has 1 N–H and O–H groups in total. The van der Waals surface area contributed by atoms with Crippen molar-refractivity contribution >= 4 is 5.95 Å². The van der Waals surface area contributed by atoms with Crippen molar-refractivity contribution in [2.24, 2.45) is 0 Å². The van der Waals surface area contributed by atoms with Crippen LogP contribution in [0.3, 0.4) is 0 Å². The molecule has 2 unspecified atom stereocenters. The number of aromatic nitrogens is 2. The molecule has 0 bridgehead atoms. The Morgan fingerprint density at radius 1 is 1.40 bits per heavy atom. The Bertz CT molecular complexity index is 312. The minimum atomic E-state index is 0.335. The third-order valence-corrected chi connectivity index (χ3v) is 2.60. The molecule has 4 nitrogen and oxygen atoms in total. The zero-order valence-corrected chi connectivity index (χ0v) is 9.23. The van der Waals surface area contributed by atoms with Crippen molar-refractivity contribution in [2.45, 2.75) is 38.8 Å². The van der Waals surface area contributed by atoms with Crippen molar-refractivity contribution in [1.29, 1.82) is 0 Å². The Kier molecular flexibility index (Phi) is 3.16. The average Bonchev–Trinajstić information content (AvgIpc) is 2.22. The second-order valence-corrected chi connectivity index (χ2v) is 4.13. The van der Waals surface area contributed by atoms with Crippen molar-refractivity contribution in [1.82, 2.24) is 9.97 Å². The molecule has 0 aromatic carbocycles. The van der Waals surface area contributed by atoms with Crippen molar-refractivity contribution in [3.63, 3.8) is 0 Å². The molecule has 2 heterocycles. The van der Waals surface area contributed by atoms with Crippen molar-refractivity contribution in [3.05, 3.63) is 18.0 Å². The van der Waals surface area contributed by atoms with Crippen LogP contribution in [0.1, 0.15) is 25.3 Å². The molecular weight excluding hydrogens is 190 g/mol. The second-order valence-electron chi connectivity index (χ2n) is 4.13. The summed E-state index contributed by atoms with van der Waals surface area (Å²) in [7, 11) is 0. The van der Waals surface area contributed by atoms with Gasteiger partial charge in [-0.05, 0) is 32.3 Å². The number of ether oxygens (including phenoxy) is 1. The fourth-order valence-corrected chi connectivity index (χ4v) is 1.78. The smallest absolute Gasteiger partial charge is 0.222 e. The lowest BCUT2D eigenvalue weighted by molar-refractivity contribution is 0.0231. The van der Waals surface area contributed by atoms with Gasteiger partial charge >= 0.3 is 0 Å². The SMILES string of the molecule is Cc1cnc(NC2CCOC(C)C2)nc1. The van der Waals surface area contributed by atoms with E-state index in [-0.39, 0.29) is 0 Å². The highest BCUT2D eigenvalue weighted by molar-refractivity contribution is 5.26. The summed E-state index contributed by atoms with van der Waals surface area (Å²) in [5.41, 5.74) is 1.08. The third-order valence-electron chi connectivity index (χ3n) is 2.60. The molecule has 1 aliphatic rings. The molecular formula is C11H17N3O. The zero-order valence-electron chi connectivity index (χ0n) is 9.23. The van der Waals surface area contributed by atoms with E-state index in [1.54, 1.807) is 0 Å². The minimum Gasteiger partial charge on any atom is -0.378 e. The van der Waals surface area contributed by atoms with Crippen LogP contribution in [0.15, 0.2) is 12.4 Å². The maximum atomic E-state index is 5.48. The summed E-state index contributed by atoms with van der Waals surface area (Å²) in [5.74, 6) is 0.722. The number of aryl methyl sites for hydroxylation is 1. The van der Waals surface area contributed by atoms with E-state index in [1.807, 2.05) is 19.3 Å². The molecule has 0 radical (unpaired) electrons. The monoisotopic (exact) mass is 207 g/mol. The molecule has 2 atom stereocenters. The van der Waals surface area contributed by atoms with Crippen molar-refractivity contribution in [3.8, 4) is 0 Å². The van der Waals surface area contributed by atoms with Crippen LogP contribution in [0.25, 0.3) is 0 Å². The standard InChI is InChI=1S/C11H17N3O/c1-8-6-12-11(13-7-8)14-10-3-4-15-9(2)5-10/h6-7,9-10H,3-5H2,1-2H3,(H,12,13,14). The molecule has 0 aliphatic carbocycles. The normalized spacial score (nSPS) is 26.3. The maximum Gasteiger partial charge on any atom is 0.222 e. The van der Waals surface area contributed by atoms with Gasteiger partial charge in [0.05, 0.1) is 6.10 Å². The van der Waals surface area contributed by atoms with E-state index < -0.39 is 0 Å². The summed E-state index contributed by atoms with van der Waals surface area (Å²) >= 11 is 0. The fourth-order valence-electron chi connectivity index (χ4n) is 1.78. The van der Waals surface area contributed by atoms with Crippen LogP contribution in [0.5, 0.6) is 0 Å². The largest absolute Gasteiger partial charge is 0.378 e. The van der Waals surface area contributed by atoms with Gasteiger partial charge in [0.1, 0.15) is 0 Å². The highest BCUT2D eigenvalue weighted by Gasteiger charge is 2.19. The van der Waals surface area contributed by atoms with E-state index in [2.05, 4.69) is 22.2 Å². The Morgan fingerprint density at radius 2 is 2.13 bits per heavy atom. The average molecular weight is 207 g/mol. The topological polar surface area (TPSA) is 47.0 Å².